The quantitative estimate of drug-likeness (QED) is 0.0618. The van der Waals surface area contributed by atoms with E-state index >= 15 is 0 Å². The molecule has 350 valence electrons. The zero-order chi connectivity index (χ0) is 46.0. The van der Waals surface area contributed by atoms with Crippen molar-refractivity contribution in [2.75, 3.05) is 0 Å². The van der Waals surface area contributed by atoms with Crippen molar-refractivity contribution in [3.63, 3.8) is 0 Å². The summed E-state index contributed by atoms with van der Waals surface area (Å²) in [6.45, 7) is 16.2. The molecule has 0 saturated carbocycles. The van der Waals surface area contributed by atoms with E-state index in [4.69, 9.17) is 4.98 Å². The molecule has 2 aromatic heterocycles. The van der Waals surface area contributed by atoms with Crippen molar-refractivity contribution in [1.29, 1.82) is 0 Å². The van der Waals surface area contributed by atoms with Crippen molar-refractivity contribution in [2.24, 2.45) is 0 Å². The Morgan fingerprint density at radius 2 is 1.12 bits per heavy atom. The average Bonchev–Trinajstić information content (AvgIpc) is 4.03. The van der Waals surface area contributed by atoms with Crippen LogP contribution in [0.2, 0.25) is 13.1 Å². The molecule has 68 heavy (non-hydrogen) atoms. The number of para-hydroxylation sites is 1. The summed E-state index contributed by atoms with van der Waals surface area (Å²) in [4.78, 5) is 9.44. The first-order chi connectivity index (χ1) is 32.2. The second-order valence-electron chi connectivity index (χ2n) is 18.1. The van der Waals surface area contributed by atoms with Gasteiger partial charge in [-0.2, -0.15) is 0 Å². The molecule has 0 N–H and O–H groups in total. The predicted octanol–water partition coefficient (Wildman–Crippen LogP) is 15.7. The van der Waals surface area contributed by atoms with Gasteiger partial charge < -0.3 is 9.13 Å². The molecule has 0 unspecified atom stereocenters. The van der Waals surface area contributed by atoms with Crippen LogP contribution in [-0.2, 0) is 52.7 Å². The minimum atomic E-state index is -0.676. The Balaban J connectivity index is 0.000000227. The summed E-state index contributed by atoms with van der Waals surface area (Å²) in [5, 5.41) is 0. The van der Waals surface area contributed by atoms with E-state index in [0.717, 1.165) is 29.2 Å². The molecule has 0 amide bonds. The van der Waals surface area contributed by atoms with Gasteiger partial charge in [0, 0.05) is 96.3 Å². The third-order valence-corrected chi connectivity index (χ3v) is 13.6. The van der Waals surface area contributed by atoms with Gasteiger partial charge in [-0.05, 0) is 95.3 Å². The molecule has 0 aliphatic heterocycles. The Morgan fingerprint density at radius 1 is 0.574 bits per heavy atom. The van der Waals surface area contributed by atoms with Gasteiger partial charge in [-0.25, -0.2) is 0 Å². The van der Waals surface area contributed by atoms with Gasteiger partial charge in [0.15, 0.2) is 0 Å². The number of aromatic nitrogens is 4. The molecule has 0 saturated heterocycles. The maximum Gasteiger partial charge on any atom is 0.0602 e. The van der Waals surface area contributed by atoms with E-state index in [1.165, 1.54) is 97.9 Å². The molecule has 2 radical (unpaired) electrons. The number of unbranched alkanes of at least 4 members (excludes halogenated alkanes) is 2. The third kappa shape index (κ3) is 12.0. The summed E-state index contributed by atoms with van der Waals surface area (Å²) in [5.41, 5.74) is 18.8. The van der Waals surface area contributed by atoms with Crippen molar-refractivity contribution in [3.05, 3.63) is 216 Å². The molecule has 0 spiro atoms. The Bertz CT molecular complexity index is 2950. The SMILES string of the molecule is CCCCCc1cccc(-c2ccccc2)c1-n1ccnc1-c1[c-]cccc1.Cc1cc(C[SiH](C)C)cc(C)c1-c1cc(-c2ccccc2)c(-n2ccnc2-c2[c-]cccc2)c(C(C)C)c1.[Ir].[Ir]. The standard InChI is InChI=1S/C35H37N2Si.C26H25N2.2Ir/c1-24(2)31-21-30(33-25(3)19-27(20-26(33)4)23-38(5)6)22-32(28-13-9-7-10-14-28)34(31)37-18-17-36-35(37)29-15-11-8-12-16-29;1-2-3-6-14-22-17-11-18-24(21-12-7-4-8-13-21)25(22)28-20-19-27-26(28)23-15-9-5-10-16-23;;/h7-15,17-22,24,38H,23H2,1-6H3;4-5,7-13,15,17-20H,2-3,6,14H2,1H3;;/q2*-1;;. The molecule has 4 nitrogen and oxygen atoms in total. The molecule has 0 fully saturated rings. The molecule has 9 aromatic rings. The number of aryl methyl sites for hydroxylation is 3. The molecule has 0 bridgehead atoms. The normalized spacial score (nSPS) is 10.9. The van der Waals surface area contributed by atoms with Crippen molar-refractivity contribution in [3.8, 4) is 67.5 Å². The minimum absolute atomic E-state index is 0. The van der Waals surface area contributed by atoms with E-state index in [0.29, 0.717) is 5.92 Å². The zero-order valence-electron chi connectivity index (χ0n) is 40.4. The van der Waals surface area contributed by atoms with Gasteiger partial charge in [0.1, 0.15) is 0 Å². The minimum Gasteiger partial charge on any atom is -0.339 e. The van der Waals surface area contributed by atoms with Crippen LogP contribution in [0.5, 0.6) is 0 Å². The summed E-state index contributed by atoms with van der Waals surface area (Å²) in [7, 11) is -0.676. The van der Waals surface area contributed by atoms with E-state index in [-0.39, 0.29) is 40.2 Å². The van der Waals surface area contributed by atoms with Crippen LogP contribution in [0.3, 0.4) is 0 Å². The summed E-state index contributed by atoms with van der Waals surface area (Å²) in [5.74, 6) is 2.17. The predicted molar refractivity (Wildman–Crippen MR) is 281 cm³/mol. The monoisotopic (exact) mass is 1260 g/mol. The van der Waals surface area contributed by atoms with E-state index in [1.807, 2.05) is 48.8 Å². The average molecular weight is 1260 g/mol. The van der Waals surface area contributed by atoms with Crippen LogP contribution in [-0.4, -0.2) is 27.9 Å². The fourth-order valence-electron chi connectivity index (χ4n) is 9.37. The molecule has 9 rings (SSSR count). The van der Waals surface area contributed by atoms with Gasteiger partial charge in [-0.1, -0.05) is 143 Å². The van der Waals surface area contributed by atoms with Crippen LogP contribution in [0.1, 0.15) is 73.8 Å². The van der Waals surface area contributed by atoms with Gasteiger partial charge in [-0.15, -0.1) is 71.8 Å². The number of nitrogens with zero attached hydrogens (tertiary/aromatic N) is 4. The number of rotatable bonds is 14. The van der Waals surface area contributed by atoms with Crippen LogP contribution in [0.25, 0.3) is 67.5 Å². The maximum atomic E-state index is 4.78. The molecule has 7 aromatic carbocycles. The first kappa shape index (κ1) is 51.9. The van der Waals surface area contributed by atoms with Crippen LogP contribution in [0, 0.1) is 26.0 Å². The first-order valence-electron chi connectivity index (χ1n) is 23.7. The third-order valence-electron chi connectivity index (χ3n) is 12.3. The van der Waals surface area contributed by atoms with Crippen molar-refractivity contribution >= 4 is 8.80 Å². The number of benzene rings is 7. The van der Waals surface area contributed by atoms with Crippen LogP contribution >= 0.6 is 0 Å². The number of imidazole rings is 2. The second-order valence-corrected chi connectivity index (χ2v) is 21.3. The summed E-state index contributed by atoms with van der Waals surface area (Å²) in [6, 6.07) is 61.8. The fourth-order valence-corrected chi connectivity index (χ4v) is 10.5. The first-order valence-corrected chi connectivity index (χ1v) is 26.9. The summed E-state index contributed by atoms with van der Waals surface area (Å²) >= 11 is 0. The molecule has 0 aliphatic carbocycles. The Kier molecular flexibility index (Phi) is 18.8. The number of hydrogen-bond acceptors (Lipinski definition) is 2. The van der Waals surface area contributed by atoms with Gasteiger partial charge >= 0.3 is 0 Å². The molecular formula is C61H62Ir2N4Si-2. The van der Waals surface area contributed by atoms with Crippen molar-refractivity contribution in [2.45, 2.75) is 85.4 Å². The van der Waals surface area contributed by atoms with Gasteiger partial charge in [0.25, 0.3) is 0 Å². The molecule has 0 atom stereocenters. The Labute approximate surface area is 434 Å². The molecule has 0 aliphatic rings. The Hall–Kier alpha value is -5.52. The van der Waals surface area contributed by atoms with Crippen LogP contribution in [0.4, 0.5) is 0 Å². The van der Waals surface area contributed by atoms with Crippen LogP contribution < -0.4 is 0 Å². The zero-order valence-corrected chi connectivity index (χ0v) is 46.3. The maximum absolute atomic E-state index is 4.78. The molecule has 2 heterocycles. The van der Waals surface area contributed by atoms with Crippen molar-refractivity contribution in [1.82, 2.24) is 19.1 Å². The van der Waals surface area contributed by atoms with Gasteiger partial charge in [0.05, 0.1) is 11.6 Å². The summed E-state index contributed by atoms with van der Waals surface area (Å²) < 4.78 is 4.48. The molecular weight excluding hydrogens is 1200 g/mol. The number of hydrogen-bond donors (Lipinski definition) is 0. The Morgan fingerprint density at radius 3 is 1.63 bits per heavy atom. The summed E-state index contributed by atoms with van der Waals surface area (Å²) in [6.07, 6.45) is 12.7. The van der Waals surface area contributed by atoms with E-state index in [2.05, 4.69) is 202 Å². The van der Waals surface area contributed by atoms with E-state index in [9.17, 15) is 0 Å². The largest absolute Gasteiger partial charge is 0.339 e. The van der Waals surface area contributed by atoms with E-state index in [1.54, 1.807) is 0 Å². The van der Waals surface area contributed by atoms with E-state index < -0.39 is 8.80 Å². The fraction of sp³-hybridized carbons (Fsp3) is 0.213. The smallest absolute Gasteiger partial charge is 0.0602 e. The van der Waals surface area contributed by atoms with Gasteiger partial charge in [-0.3, -0.25) is 9.97 Å². The molecule has 7 heteroatoms. The second kappa shape index (κ2) is 24.7. The van der Waals surface area contributed by atoms with Crippen molar-refractivity contribution < 1.29 is 40.2 Å². The topological polar surface area (TPSA) is 35.6 Å². The van der Waals surface area contributed by atoms with Crippen LogP contribution in [0.15, 0.2) is 176 Å². The van der Waals surface area contributed by atoms with Gasteiger partial charge in [0.2, 0.25) is 0 Å².